The van der Waals surface area contributed by atoms with Crippen molar-refractivity contribution in [3.05, 3.63) is 28.2 Å². The number of carboxylic acid groups (broad SMARTS) is 1. The van der Waals surface area contributed by atoms with Gasteiger partial charge in [0.05, 0.1) is 11.3 Å². The minimum absolute atomic E-state index is 0.305. The minimum Gasteiger partial charge on any atom is -0.478 e. The molecule has 0 aromatic heterocycles. The SMILES string of the molecule is COCCCN(C)c1ccc(Br)cc1C(=O)O. The number of anilines is 1. The van der Waals surface area contributed by atoms with E-state index in [0.29, 0.717) is 12.2 Å². The first-order valence-electron chi connectivity index (χ1n) is 5.29. The average molecular weight is 302 g/mol. The highest BCUT2D eigenvalue weighted by atomic mass is 79.9. The van der Waals surface area contributed by atoms with Gasteiger partial charge in [-0.2, -0.15) is 0 Å². The predicted octanol–water partition coefficient (Wildman–Crippen LogP) is 2.62. The molecule has 0 bridgehead atoms. The van der Waals surface area contributed by atoms with E-state index in [0.717, 1.165) is 23.1 Å². The molecule has 0 spiro atoms. The number of carbonyl (C=O) groups is 1. The van der Waals surface area contributed by atoms with Crippen molar-refractivity contribution in [3.8, 4) is 0 Å². The molecule has 0 amide bonds. The molecule has 5 heteroatoms. The van der Waals surface area contributed by atoms with Crippen LogP contribution in [0.4, 0.5) is 5.69 Å². The Kier molecular flexibility index (Phi) is 5.44. The van der Waals surface area contributed by atoms with Gasteiger partial charge in [0.15, 0.2) is 0 Å². The fraction of sp³-hybridized carbons (Fsp3) is 0.417. The highest BCUT2D eigenvalue weighted by molar-refractivity contribution is 9.10. The molecule has 0 unspecified atom stereocenters. The summed E-state index contributed by atoms with van der Waals surface area (Å²) in [6.45, 7) is 1.43. The summed E-state index contributed by atoms with van der Waals surface area (Å²) in [7, 11) is 3.54. The van der Waals surface area contributed by atoms with E-state index in [1.807, 2.05) is 18.0 Å². The summed E-state index contributed by atoms with van der Waals surface area (Å²) in [5.74, 6) is -0.917. The smallest absolute Gasteiger partial charge is 0.337 e. The molecule has 1 rings (SSSR count). The number of methoxy groups -OCH3 is 1. The van der Waals surface area contributed by atoms with Crippen molar-refractivity contribution in [3.63, 3.8) is 0 Å². The molecule has 0 fully saturated rings. The Balaban J connectivity index is 2.84. The molecule has 94 valence electrons. The standard InChI is InChI=1S/C12H16BrNO3/c1-14(6-3-7-17-2)11-5-4-9(13)8-10(11)12(15)16/h4-5,8H,3,6-7H2,1-2H3,(H,15,16). The molecule has 0 atom stereocenters. The van der Waals surface area contributed by atoms with Gasteiger partial charge in [0.25, 0.3) is 0 Å². The number of ether oxygens (including phenoxy) is 1. The second-order valence-electron chi connectivity index (χ2n) is 3.73. The highest BCUT2D eigenvalue weighted by Gasteiger charge is 2.13. The minimum atomic E-state index is -0.917. The van der Waals surface area contributed by atoms with E-state index in [4.69, 9.17) is 9.84 Å². The van der Waals surface area contributed by atoms with Crippen LogP contribution < -0.4 is 4.90 Å². The molecular weight excluding hydrogens is 286 g/mol. The van der Waals surface area contributed by atoms with E-state index in [1.54, 1.807) is 19.2 Å². The number of hydrogen-bond acceptors (Lipinski definition) is 3. The van der Waals surface area contributed by atoms with Gasteiger partial charge in [0, 0.05) is 31.8 Å². The molecule has 0 heterocycles. The molecule has 0 saturated heterocycles. The second-order valence-corrected chi connectivity index (χ2v) is 4.65. The summed E-state index contributed by atoms with van der Waals surface area (Å²) in [6, 6.07) is 5.26. The Labute approximate surface area is 109 Å². The summed E-state index contributed by atoms with van der Waals surface area (Å²) in [5, 5.41) is 9.14. The van der Waals surface area contributed by atoms with E-state index >= 15 is 0 Å². The Hall–Kier alpha value is -1.07. The van der Waals surface area contributed by atoms with Crippen molar-refractivity contribution in [1.29, 1.82) is 0 Å². The third-order valence-corrected chi connectivity index (χ3v) is 2.94. The van der Waals surface area contributed by atoms with Crippen LogP contribution in [0.3, 0.4) is 0 Å². The second kappa shape index (κ2) is 6.61. The van der Waals surface area contributed by atoms with Crippen LogP contribution in [0.1, 0.15) is 16.8 Å². The summed E-state index contributed by atoms with van der Waals surface area (Å²) in [6.07, 6.45) is 0.863. The van der Waals surface area contributed by atoms with E-state index in [2.05, 4.69) is 15.9 Å². The predicted molar refractivity (Wildman–Crippen MR) is 70.9 cm³/mol. The number of nitrogens with zero attached hydrogens (tertiary/aromatic N) is 1. The lowest BCUT2D eigenvalue weighted by molar-refractivity contribution is 0.0697. The number of hydrogen-bond donors (Lipinski definition) is 1. The molecule has 0 radical (unpaired) electrons. The Morgan fingerprint density at radius 3 is 2.82 bits per heavy atom. The number of carboxylic acids is 1. The molecule has 0 aliphatic rings. The third-order valence-electron chi connectivity index (χ3n) is 2.44. The molecule has 1 aromatic rings. The van der Waals surface area contributed by atoms with Crippen molar-refractivity contribution in [2.24, 2.45) is 0 Å². The van der Waals surface area contributed by atoms with Crippen LogP contribution in [0.2, 0.25) is 0 Å². The highest BCUT2D eigenvalue weighted by Crippen LogP contribution is 2.24. The van der Waals surface area contributed by atoms with Gasteiger partial charge in [-0.1, -0.05) is 15.9 Å². The van der Waals surface area contributed by atoms with E-state index in [9.17, 15) is 4.79 Å². The first kappa shape index (κ1) is 14.0. The van der Waals surface area contributed by atoms with Crippen LogP contribution >= 0.6 is 15.9 Å². The quantitative estimate of drug-likeness (QED) is 0.821. The van der Waals surface area contributed by atoms with Gasteiger partial charge in [-0.3, -0.25) is 0 Å². The van der Waals surface area contributed by atoms with Crippen LogP contribution in [0.25, 0.3) is 0 Å². The Bertz CT molecular complexity index is 395. The topological polar surface area (TPSA) is 49.8 Å². The zero-order valence-electron chi connectivity index (χ0n) is 9.94. The molecule has 4 nitrogen and oxygen atoms in total. The summed E-state index contributed by atoms with van der Waals surface area (Å²) in [5.41, 5.74) is 1.02. The lowest BCUT2D eigenvalue weighted by Crippen LogP contribution is -2.22. The summed E-state index contributed by atoms with van der Waals surface area (Å²) in [4.78, 5) is 13.1. The lowest BCUT2D eigenvalue weighted by Gasteiger charge is -2.21. The molecule has 1 N–H and O–H groups in total. The van der Waals surface area contributed by atoms with Crippen molar-refractivity contribution >= 4 is 27.6 Å². The van der Waals surface area contributed by atoms with Crippen molar-refractivity contribution in [2.75, 3.05) is 32.2 Å². The van der Waals surface area contributed by atoms with Gasteiger partial charge >= 0.3 is 5.97 Å². The monoisotopic (exact) mass is 301 g/mol. The van der Waals surface area contributed by atoms with Crippen LogP contribution in [0.5, 0.6) is 0 Å². The first-order chi connectivity index (χ1) is 8.06. The maximum atomic E-state index is 11.1. The van der Waals surface area contributed by atoms with Crippen LogP contribution in [-0.2, 0) is 4.74 Å². The Morgan fingerprint density at radius 1 is 1.53 bits per heavy atom. The average Bonchev–Trinajstić information content (AvgIpc) is 2.29. The van der Waals surface area contributed by atoms with Crippen LogP contribution in [-0.4, -0.2) is 38.4 Å². The fourth-order valence-corrected chi connectivity index (χ4v) is 1.94. The van der Waals surface area contributed by atoms with Crippen LogP contribution in [0.15, 0.2) is 22.7 Å². The van der Waals surface area contributed by atoms with Crippen molar-refractivity contribution in [2.45, 2.75) is 6.42 Å². The normalized spacial score (nSPS) is 10.3. The molecule has 0 aliphatic carbocycles. The van der Waals surface area contributed by atoms with Gasteiger partial charge in [-0.05, 0) is 24.6 Å². The maximum Gasteiger partial charge on any atom is 0.337 e. The Morgan fingerprint density at radius 2 is 2.24 bits per heavy atom. The van der Waals surface area contributed by atoms with E-state index in [1.165, 1.54) is 0 Å². The summed E-state index contributed by atoms with van der Waals surface area (Å²) < 4.78 is 5.74. The van der Waals surface area contributed by atoms with Gasteiger partial charge in [-0.25, -0.2) is 4.79 Å². The van der Waals surface area contributed by atoms with Crippen molar-refractivity contribution < 1.29 is 14.6 Å². The summed E-state index contributed by atoms with van der Waals surface area (Å²) >= 11 is 3.28. The number of halogens is 1. The molecule has 1 aromatic carbocycles. The van der Waals surface area contributed by atoms with Crippen LogP contribution in [0, 0.1) is 0 Å². The first-order valence-corrected chi connectivity index (χ1v) is 6.08. The van der Waals surface area contributed by atoms with E-state index in [-0.39, 0.29) is 0 Å². The van der Waals surface area contributed by atoms with Gasteiger partial charge in [0.1, 0.15) is 0 Å². The van der Waals surface area contributed by atoms with Gasteiger partial charge in [0.2, 0.25) is 0 Å². The zero-order chi connectivity index (χ0) is 12.8. The molecule has 17 heavy (non-hydrogen) atoms. The number of aromatic carboxylic acids is 1. The molecular formula is C12H16BrNO3. The van der Waals surface area contributed by atoms with Crippen molar-refractivity contribution in [1.82, 2.24) is 0 Å². The van der Waals surface area contributed by atoms with Gasteiger partial charge in [-0.15, -0.1) is 0 Å². The number of rotatable bonds is 6. The fourth-order valence-electron chi connectivity index (χ4n) is 1.58. The van der Waals surface area contributed by atoms with Gasteiger partial charge < -0.3 is 14.7 Å². The third kappa shape index (κ3) is 4.02. The molecule has 0 saturated carbocycles. The molecule has 0 aliphatic heterocycles. The number of benzene rings is 1. The maximum absolute atomic E-state index is 11.1. The largest absolute Gasteiger partial charge is 0.478 e. The lowest BCUT2D eigenvalue weighted by atomic mass is 10.1. The zero-order valence-corrected chi connectivity index (χ0v) is 11.5. The van der Waals surface area contributed by atoms with E-state index < -0.39 is 5.97 Å².